The highest BCUT2D eigenvalue weighted by Gasteiger charge is 2.12. The van der Waals surface area contributed by atoms with Gasteiger partial charge in [0.1, 0.15) is 0 Å². The predicted octanol–water partition coefficient (Wildman–Crippen LogP) is 1.91. The van der Waals surface area contributed by atoms with E-state index in [1.165, 1.54) is 12.1 Å². The molecule has 1 aromatic carbocycles. The molecule has 0 fully saturated rings. The number of aromatic nitrogens is 1. The van der Waals surface area contributed by atoms with E-state index in [-0.39, 0.29) is 5.56 Å². The lowest BCUT2D eigenvalue weighted by Crippen LogP contribution is -2.09. The molecule has 1 amide bonds. The normalized spacial score (nSPS) is 9.88. The summed E-state index contributed by atoms with van der Waals surface area (Å²) in [6.07, 6.45) is 0. The third-order valence-corrected chi connectivity index (χ3v) is 2.46. The quantitative estimate of drug-likeness (QED) is 0.877. The predicted molar refractivity (Wildman–Crippen MR) is 66.6 cm³/mol. The number of rotatable bonds is 2. The molecule has 0 bridgehead atoms. The van der Waals surface area contributed by atoms with E-state index in [0.717, 1.165) is 5.56 Å². The van der Waals surface area contributed by atoms with Crippen LogP contribution in [0.15, 0.2) is 51.6 Å². The van der Waals surface area contributed by atoms with E-state index in [1.807, 2.05) is 18.2 Å². The lowest BCUT2D eigenvalue weighted by atomic mass is 10.1. The zero-order chi connectivity index (χ0) is 12.3. The Labute approximate surface area is 102 Å². The number of hydrogen-bond donors (Lipinski definition) is 1. The van der Waals surface area contributed by atoms with E-state index >= 15 is 0 Å². The molecule has 2 rings (SSSR count). The van der Waals surface area contributed by atoms with Crippen molar-refractivity contribution in [2.45, 2.75) is 0 Å². The van der Waals surface area contributed by atoms with E-state index in [4.69, 9.17) is 0 Å². The first-order valence-corrected chi connectivity index (χ1v) is 5.25. The van der Waals surface area contributed by atoms with Crippen molar-refractivity contribution in [2.24, 2.45) is 4.36 Å². The van der Waals surface area contributed by atoms with Crippen LogP contribution in [0.1, 0.15) is 10.4 Å². The van der Waals surface area contributed by atoms with Gasteiger partial charge in [-0.3, -0.25) is 9.59 Å². The highest BCUT2D eigenvalue weighted by molar-refractivity contribution is 7.47. The Morgan fingerprint density at radius 3 is 2.47 bits per heavy atom. The molecule has 0 aliphatic rings. The number of aromatic amines is 1. The molecule has 0 aliphatic heterocycles. The van der Waals surface area contributed by atoms with Crippen LogP contribution in [0.5, 0.6) is 0 Å². The first kappa shape index (κ1) is 11.3. The average molecular weight is 244 g/mol. The van der Waals surface area contributed by atoms with Gasteiger partial charge in [-0.2, -0.15) is 0 Å². The fourth-order valence-electron chi connectivity index (χ4n) is 1.53. The van der Waals surface area contributed by atoms with Crippen molar-refractivity contribution in [2.75, 3.05) is 0 Å². The lowest BCUT2D eigenvalue weighted by Gasteiger charge is -2.05. The van der Waals surface area contributed by atoms with Gasteiger partial charge in [0.05, 0.1) is 11.3 Å². The largest absolute Gasteiger partial charge is 0.321 e. The Bertz CT molecular complexity index is 620. The van der Waals surface area contributed by atoms with Crippen molar-refractivity contribution in [3.8, 4) is 11.3 Å². The van der Waals surface area contributed by atoms with Crippen LogP contribution in [0.4, 0.5) is 0 Å². The molecule has 0 unspecified atom stereocenters. The van der Waals surface area contributed by atoms with Crippen molar-refractivity contribution in [3.05, 3.63) is 58.4 Å². The summed E-state index contributed by atoms with van der Waals surface area (Å²) >= 11 is 4.38. The van der Waals surface area contributed by atoms with Crippen molar-refractivity contribution < 1.29 is 4.79 Å². The van der Waals surface area contributed by atoms with Crippen LogP contribution < -0.4 is 5.56 Å². The van der Waals surface area contributed by atoms with Gasteiger partial charge >= 0.3 is 0 Å². The minimum Gasteiger partial charge on any atom is -0.321 e. The van der Waals surface area contributed by atoms with Gasteiger partial charge in [-0.05, 0) is 11.6 Å². The van der Waals surface area contributed by atoms with Crippen LogP contribution in [0.2, 0.25) is 0 Å². The molecule has 0 spiro atoms. The van der Waals surface area contributed by atoms with Crippen molar-refractivity contribution >= 4 is 18.3 Å². The van der Waals surface area contributed by atoms with Crippen LogP contribution in [0.3, 0.4) is 0 Å². The Balaban J connectivity index is 2.67. The molecule has 0 radical (unpaired) electrons. The Morgan fingerprint density at radius 1 is 1.12 bits per heavy atom. The molecule has 2 aromatic rings. The van der Waals surface area contributed by atoms with E-state index < -0.39 is 5.91 Å². The Kier molecular flexibility index (Phi) is 3.20. The SMILES string of the molecule is O=C(N=S)c1ccc(=O)[nH]c1-c1ccccc1. The Morgan fingerprint density at radius 2 is 1.82 bits per heavy atom. The van der Waals surface area contributed by atoms with Gasteiger partial charge in [0.25, 0.3) is 5.91 Å². The number of carbonyl (C=O) groups is 1. The lowest BCUT2D eigenvalue weighted by molar-refractivity contribution is 0.101. The number of nitrogens with zero attached hydrogens (tertiary/aromatic N) is 1. The van der Waals surface area contributed by atoms with Crippen molar-refractivity contribution in [1.29, 1.82) is 0 Å². The summed E-state index contributed by atoms with van der Waals surface area (Å²) in [6.45, 7) is 0. The van der Waals surface area contributed by atoms with E-state index in [0.29, 0.717) is 11.3 Å². The van der Waals surface area contributed by atoms with Crippen LogP contribution in [-0.4, -0.2) is 10.9 Å². The number of pyridine rings is 1. The fourth-order valence-corrected chi connectivity index (χ4v) is 1.63. The van der Waals surface area contributed by atoms with E-state index in [2.05, 4.69) is 21.8 Å². The monoisotopic (exact) mass is 244 g/mol. The molecule has 17 heavy (non-hydrogen) atoms. The third kappa shape index (κ3) is 2.34. The van der Waals surface area contributed by atoms with Gasteiger partial charge in [0.2, 0.25) is 5.56 Å². The number of hydrogen-bond acceptors (Lipinski definition) is 3. The average Bonchev–Trinajstić information content (AvgIpc) is 2.39. The maximum absolute atomic E-state index is 11.5. The van der Waals surface area contributed by atoms with Crippen molar-refractivity contribution in [3.63, 3.8) is 0 Å². The summed E-state index contributed by atoms with van der Waals surface area (Å²) in [5.41, 5.74) is 1.21. The fraction of sp³-hybridized carbons (Fsp3) is 0. The van der Waals surface area contributed by atoms with Gasteiger partial charge in [-0.25, -0.2) is 0 Å². The molecule has 1 heterocycles. The second-order valence-corrected chi connectivity index (χ2v) is 3.56. The molecule has 1 N–H and O–H groups in total. The molecule has 0 atom stereocenters. The molecular formula is C12H8N2O2S. The summed E-state index contributed by atoms with van der Waals surface area (Å²) in [5, 5.41) is 0. The molecule has 5 heteroatoms. The maximum atomic E-state index is 11.5. The van der Waals surface area contributed by atoms with Gasteiger partial charge in [-0.1, -0.05) is 30.3 Å². The summed E-state index contributed by atoms with van der Waals surface area (Å²) in [5.74, 6) is -0.532. The molecule has 0 aliphatic carbocycles. The molecule has 0 saturated carbocycles. The number of benzene rings is 1. The summed E-state index contributed by atoms with van der Waals surface area (Å²) in [7, 11) is 0. The van der Waals surface area contributed by atoms with Crippen LogP contribution in [0.25, 0.3) is 11.3 Å². The Hall–Kier alpha value is -2.14. The molecule has 84 valence electrons. The second-order valence-electron chi connectivity index (χ2n) is 3.37. The van der Waals surface area contributed by atoms with Crippen LogP contribution >= 0.6 is 0 Å². The number of carbonyl (C=O) groups excluding carboxylic acids is 1. The molecule has 1 aromatic heterocycles. The number of H-pyrrole nitrogens is 1. The maximum Gasteiger partial charge on any atom is 0.290 e. The minimum atomic E-state index is -0.532. The minimum absolute atomic E-state index is 0.273. The first-order chi connectivity index (χ1) is 8.22. The molecule has 4 nitrogen and oxygen atoms in total. The summed E-state index contributed by atoms with van der Waals surface area (Å²) in [4.78, 5) is 25.5. The smallest absolute Gasteiger partial charge is 0.290 e. The van der Waals surface area contributed by atoms with Gasteiger partial charge in [0.15, 0.2) is 0 Å². The second kappa shape index (κ2) is 4.80. The molecule has 0 saturated heterocycles. The zero-order valence-electron chi connectivity index (χ0n) is 8.71. The van der Waals surface area contributed by atoms with E-state index in [9.17, 15) is 9.59 Å². The van der Waals surface area contributed by atoms with Crippen LogP contribution in [-0.2, 0) is 12.4 Å². The van der Waals surface area contributed by atoms with Gasteiger partial charge < -0.3 is 4.98 Å². The first-order valence-electron chi connectivity index (χ1n) is 4.89. The standard InChI is InChI=1S/C12H8N2O2S/c15-10-7-6-9(12(16)14-17)11(13-10)8-4-2-1-3-5-8/h1-7H,(H,13,15). The van der Waals surface area contributed by atoms with E-state index in [1.54, 1.807) is 12.1 Å². The molecular weight excluding hydrogens is 236 g/mol. The highest BCUT2D eigenvalue weighted by atomic mass is 32.1. The summed E-state index contributed by atoms with van der Waals surface area (Å²) in [6, 6.07) is 11.8. The topological polar surface area (TPSA) is 62.3 Å². The van der Waals surface area contributed by atoms with Crippen LogP contribution in [0, 0.1) is 0 Å². The zero-order valence-corrected chi connectivity index (χ0v) is 9.53. The van der Waals surface area contributed by atoms with Crippen molar-refractivity contribution in [1.82, 2.24) is 4.98 Å². The number of nitrogens with one attached hydrogen (secondary N) is 1. The van der Waals surface area contributed by atoms with Gasteiger partial charge in [-0.15, -0.1) is 4.36 Å². The summed E-state index contributed by atoms with van der Waals surface area (Å²) < 4.78 is 3.20. The third-order valence-electron chi connectivity index (χ3n) is 2.29. The number of amides is 1. The van der Waals surface area contributed by atoms with Gasteiger partial charge in [0, 0.05) is 18.5 Å². The highest BCUT2D eigenvalue weighted by Crippen LogP contribution is 2.20.